The van der Waals surface area contributed by atoms with Crippen molar-refractivity contribution in [3.8, 4) is 0 Å². The Bertz CT molecular complexity index is 725. The number of aryl methyl sites for hydroxylation is 1. The Morgan fingerprint density at radius 1 is 1.42 bits per heavy atom. The Morgan fingerprint density at radius 2 is 2.25 bits per heavy atom. The Morgan fingerprint density at radius 3 is 3.00 bits per heavy atom. The van der Waals surface area contributed by atoms with Crippen molar-refractivity contribution < 1.29 is 13.6 Å². The van der Waals surface area contributed by atoms with E-state index in [2.05, 4.69) is 17.1 Å². The number of nitrogens with one attached hydrogen (secondary N) is 1. The minimum atomic E-state index is -0.436. The molecule has 1 amide bonds. The van der Waals surface area contributed by atoms with Crippen LogP contribution in [0.25, 0.3) is 11.0 Å². The molecule has 1 fully saturated rings. The first kappa shape index (κ1) is 17.0. The van der Waals surface area contributed by atoms with E-state index in [9.17, 15) is 9.18 Å². The van der Waals surface area contributed by atoms with Crippen LogP contribution in [-0.2, 0) is 0 Å². The van der Waals surface area contributed by atoms with Crippen LogP contribution in [0.2, 0.25) is 0 Å². The highest BCUT2D eigenvalue weighted by atomic mass is 19.1. The van der Waals surface area contributed by atoms with E-state index in [0.717, 1.165) is 19.5 Å². The van der Waals surface area contributed by atoms with Crippen LogP contribution in [0.3, 0.4) is 0 Å². The molecule has 1 aliphatic heterocycles. The van der Waals surface area contributed by atoms with Gasteiger partial charge in [-0.1, -0.05) is 18.6 Å². The monoisotopic (exact) mass is 332 g/mol. The minimum Gasteiger partial charge on any atom is -0.448 e. The second-order valence-corrected chi connectivity index (χ2v) is 6.66. The topological polar surface area (TPSA) is 45.5 Å². The standard InChI is InChI=1S/C19H25FN2O2/c1-13-7-3-4-11-22(13)12-6-10-21-19(23)17-14(2)15-8-5-9-16(20)18(15)24-17/h5,8-9,13H,3-4,6-7,10-12H2,1-2H3,(H,21,23)/t13-/m1/s1. The number of likely N-dealkylation sites (tertiary alicyclic amines) is 1. The Balaban J connectivity index is 1.56. The second kappa shape index (κ2) is 7.34. The van der Waals surface area contributed by atoms with Gasteiger partial charge >= 0.3 is 0 Å². The van der Waals surface area contributed by atoms with E-state index < -0.39 is 5.82 Å². The van der Waals surface area contributed by atoms with Crippen LogP contribution in [0.5, 0.6) is 0 Å². The molecule has 0 aliphatic carbocycles. The molecule has 0 spiro atoms. The zero-order chi connectivity index (χ0) is 17.1. The van der Waals surface area contributed by atoms with Crippen molar-refractivity contribution in [2.45, 2.75) is 45.6 Å². The van der Waals surface area contributed by atoms with Gasteiger partial charge in [0.15, 0.2) is 17.2 Å². The number of carbonyl (C=O) groups excluding carboxylic acids is 1. The normalized spacial score (nSPS) is 18.9. The molecule has 1 aromatic heterocycles. The van der Waals surface area contributed by atoms with Crippen molar-refractivity contribution in [1.82, 2.24) is 10.2 Å². The minimum absolute atomic E-state index is 0.155. The highest BCUT2D eigenvalue weighted by molar-refractivity contribution is 5.98. The molecule has 4 nitrogen and oxygen atoms in total. The Kier molecular flexibility index (Phi) is 5.19. The summed E-state index contributed by atoms with van der Waals surface area (Å²) < 4.78 is 19.2. The van der Waals surface area contributed by atoms with Gasteiger partial charge in [0, 0.05) is 30.1 Å². The fourth-order valence-electron chi connectivity index (χ4n) is 3.48. The number of benzene rings is 1. The number of nitrogens with zero attached hydrogens (tertiary/aromatic N) is 1. The number of hydrogen-bond acceptors (Lipinski definition) is 3. The number of furan rings is 1. The number of halogens is 1. The largest absolute Gasteiger partial charge is 0.448 e. The maximum Gasteiger partial charge on any atom is 0.287 e. The lowest BCUT2D eigenvalue weighted by atomic mass is 10.0. The molecule has 2 heterocycles. The molecule has 5 heteroatoms. The summed E-state index contributed by atoms with van der Waals surface area (Å²) in [6, 6.07) is 5.37. The number of amides is 1. The highest BCUT2D eigenvalue weighted by Crippen LogP contribution is 2.27. The van der Waals surface area contributed by atoms with Crippen molar-refractivity contribution in [1.29, 1.82) is 0 Å². The average molecular weight is 332 g/mol. The molecule has 1 saturated heterocycles. The predicted molar refractivity (Wildman–Crippen MR) is 92.7 cm³/mol. The van der Waals surface area contributed by atoms with Gasteiger partial charge in [-0.3, -0.25) is 4.79 Å². The summed E-state index contributed by atoms with van der Waals surface area (Å²) in [6.07, 6.45) is 4.75. The van der Waals surface area contributed by atoms with Crippen molar-refractivity contribution in [3.63, 3.8) is 0 Å². The number of rotatable bonds is 5. The molecule has 130 valence electrons. The van der Waals surface area contributed by atoms with Crippen molar-refractivity contribution >= 4 is 16.9 Å². The second-order valence-electron chi connectivity index (χ2n) is 6.66. The maximum absolute atomic E-state index is 13.8. The molecule has 1 aromatic carbocycles. The van der Waals surface area contributed by atoms with Crippen LogP contribution in [0, 0.1) is 12.7 Å². The number of fused-ring (bicyclic) bond motifs is 1. The van der Waals surface area contributed by atoms with Gasteiger partial charge in [-0.05, 0) is 45.7 Å². The molecule has 1 N–H and O–H groups in total. The smallest absolute Gasteiger partial charge is 0.287 e. The van der Waals surface area contributed by atoms with E-state index in [-0.39, 0.29) is 17.3 Å². The van der Waals surface area contributed by atoms with Gasteiger partial charge in [-0.25, -0.2) is 4.39 Å². The van der Waals surface area contributed by atoms with Crippen molar-refractivity contribution in [2.75, 3.05) is 19.6 Å². The lowest BCUT2D eigenvalue weighted by Crippen LogP contribution is -2.39. The first-order valence-corrected chi connectivity index (χ1v) is 8.78. The summed E-state index contributed by atoms with van der Waals surface area (Å²) in [7, 11) is 0. The predicted octanol–water partition coefficient (Wildman–Crippen LogP) is 3.87. The van der Waals surface area contributed by atoms with Gasteiger partial charge in [-0.15, -0.1) is 0 Å². The summed E-state index contributed by atoms with van der Waals surface area (Å²) in [5.74, 6) is -0.495. The third-order valence-electron chi connectivity index (χ3n) is 4.97. The Hall–Kier alpha value is -1.88. The Labute approximate surface area is 142 Å². The highest BCUT2D eigenvalue weighted by Gasteiger charge is 2.20. The molecule has 3 rings (SSSR count). The summed E-state index contributed by atoms with van der Waals surface area (Å²) in [4.78, 5) is 14.8. The molecular weight excluding hydrogens is 307 g/mol. The molecule has 0 radical (unpaired) electrons. The number of hydrogen-bond donors (Lipinski definition) is 1. The fourth-order valence-corrected chi connectivity index (χ4v) is 3.48. The summed E-state index contributed by atoms with van der Waals surface area (Å²) in [6.45, 7) is 6.80. The molecule has 0 bridgehead atoms. The molecule has 0 saturated carbocycles. The van der Waals surface area contributed by atoms with Crippen molar-refractivity contribution in [3.05, 3.63) is 35.3 Å². The third-order valence-corrected chi connectivity index (χ3v) is 4.97. The lowest BCUT2D eigenvalue weighted by molar-refractivity contribution is 0.0922. The van der Waals surface area contributed by atoms with Gasteiger partial charge in [-0.2, -0.15) is 0 Å². The van der Waals surface area contributed by atoms with Crippen LogP contribution in [-0.4, -0.2) is 36.5 Å². The average Bonchev–Trinajstić information content (AvgIpc) is 2.92. The zero-order valence-electron chi connectivity index (χ0n) is 14.4. The molecular formula is C19H25FN2O2. The van der Waals surface area contributed by atoms with Crippen LogP contribution >= 0.6 is 0 Å². The van der Waals surface area contributed by atoms with E-state index in [1.165, 1.54) is 25.3 Å². The van der Waals surface area contributed by atoms with Crippen LogP contribution in [0.4, 0.5) is 4.39 Å². The summed E-state index contributed by atoms with van der Waals surface area (Å²) in [5, 5.41) is 3.55. The van der Waals surface area contributed by atoms with E-state index in [1.54, 1.807) is 19.1 Å². The maximum atomic E-state index is 13.8. The molecule has 1 atom stereocenters. The van der Waals surface area contributed by atoms with Gasteiger partial charge in [0.1, 0.15) is 0 Å². The lowest BCUT2D eigenvalue weighted by Gasteiger charge is -2.33. The van der Waals surface area contributed by atoms with Crippen LogP contribution in [0.1, 0.15) is 48.7 Å². The van der Waals surface area contributed by atoms with E-state index in [1.807, 2.05) is 0 Å². The quantitative estimate of drug-likeness (QED) is 0.845. The zero-order valence-corrected chi connectivity index (χ0v) is 14.4. The van der Waals surface area contributed by atoms with E-state index in [4.69, 9.17) is 4.42 Å². The van der Waals surface area contributed by atoms with E-state index >= 15 is 0 Å². The molecule has 0 unspecified atom stereocenters. The molecule has 1 aliphatic rings. The van der Waals surface area contributed by atoms with Crippen molar-refractivity contribution in [2.24, 2.45) is 0 Å². The SMILES string of the molecule is Cc1c(C(=O)NCCCN2CCCC[C@H]2C)oc2c(F)cccc12. The van der Waals surface area contributed by atoms with Gasteiger partial charge < -0.3 is 14.6 Å². The molecule has 24 heavy (non-hydrogen) atoms. The summed E-state index contributed by atoms with van der Waals surface area (Å²) in [5.41, 5.74) is 0.842. The number of para-hydroxylation sites is 1. The third kappa shape index (κ3) is 3.46. The van der Waals surface area contributed by atoms with E-state index in [0.29, 0.717) is 23.5 Å². The number of carbonyl (C=O) groups is 1. The van der Waals surface area contributed by atoms with Gasteiger partial charge in [0.2, 0.25) is 0 Å². The van der Waals surface area contributed by atoms with Gasteiger partial charge in [0.05, 0.1) is 0 Å². The number of piperidine rings is 1. The molecule has 2 aromatic rings. The van der Waals surface area contributed by atoms with Crippen LogP contribution < -0.4 is 5.32 Å². The first-order chi connectivity index (χ1) is 11.6. The van der Waals surface area contributed by atoms with Gasteiger partial charge in [0.25, 0.3) is 5.91 Å². The summed E-state index contributed by atoms with van der Waals surface area (Å²) >= 11 is 0. The first-order valence-electron chi connectivity index (χ1n) is 8.78. The van der Waals surface area contributed by atoms with Crippen LogP contribution in [0.15, 0.2) is 22.6 Å². The fraction of sp³-hybridized carbons (Fsp3) is 0.526.